The summed E-state index contributed by atoms with van der Waals surface area (Å²) < 4.78 is 10.7. The first-order valence-electron chi connectivity index (χ1n) is 9.43. The number of nitrogens with zero attached hydrogens (tertiary/aromatic N) is 1. The smallest absolute Gasteiger partial charge is 0.198 e. The molecular formula is C23H23NO3S. The van der Waals surface area contributed by atoms with Crippen molar-refractivity contribution in [3.05, 3.63) is 82.2 Å². The fourth-order valence-corrected chi connectivity index (χ4v) is 3.96. The number of thioether (sulfide) groups is 1. The number of carbonyl (C=O) groups excluding carboxylic acids is 1. The van der Waals surface area contributed by atoms with E-state index < -0.39 is 0 Å². The summed E-state index contributed by atoms with van der Waals surface area (Å²) in [6.45, 7) is 0.555. The van der Waals surface area contributed by atoms with E-state index in [1.165, 1.54) is 5.56 Å². The lowest BCUT2D eigenvalue weighted by Gasteiger charge is -2.13. The Bertz CT molecular complexity index is 991. The van der Waals surface area contributed by atoms with Crippen LogP contribution in [0.3, 0.4) is 0 Å². The first-order valence-corrected chi connectivity index (χ1v) is 10.7. The lowest BCUT2D eigenvalue weighted by atomic mass is 9.92. The quantitative estimate of drug-likeness (QED) is 0.387. The molecule has 1 fully saturated rings. The van der Waals surface area contributed by atoms with E-state index in [4.69, 9.17) is 9.26 Å². The first-order chi connectivity index (χ1) is 13.7. The van der Waals surface area contributed by atoms with Gasteiger partial charge < -0.3 is 9.26 Å². The lowest BCUT2D eigenvalue weighted by molar-refractivity contribution is 0.103. The number of ketones is 1. The summed E-state index contributed by atoms with van der Waals surface area (Å²) >= 11 is 1.68. The van der Waals surface area contributed by atoms with Crippen molar-refractivity contribution < 1.29 is 14.1 Å². The Balaban J connectivity index is 1.72. The van der Waals surface area contributed by atoms with E-state index >= 15 is 0 Å². The minimum atomic E-state index is -0.00461. The van der Waals surface area contributed by atoms with Crippen LogP contribution in [0.25, 0.3) is 0 Å². The summed E-state index contributed by atoms with van der Waals surface area (Å²) in [7, 11) is 1.70. The molecule has 0 aliphatic heterocycles. The predicted octanol–water partition coefficient (Wildman–Crippen LogP) is 5.24. The van der Waals surface area contributed by atoms with Crippen LogP contribution in [0.15, 0.2) is 58.1 Å². The fraction of sp³-hybridized carbons (Fsp3) is 0.304. The fourth-order valence-electron chi connectivity index (χ4n) is 3.50. The van der Waals surface area contributed by atoms with E-state index in [0.717, 1.165) is 40.2 Å². The maximum atomic E-state index is 13.4. The molecule has 144 valence electrons. The number of carbonyl (C=O) groups is 1. The number of hydrogen-bond donors (Lipinski definition) is 0. The maximum Gasteiger partial charge on any atom is 0.198 e. The summed E-state index contributed by atoms with van der Waals surface area (Å²) in [6.07, 6.45) is 6.43. The summed E-state index contributed by atoms with van der Waals surface area (Å²) in [5, 5.41) is 3.90. The van der Waals surface area contributed by atoms with Gasteiger partial charge in [0.25, 0.3) is 0 Å². The van der Waals surface area contributed by atoms with Crippen LogP contribution < -0.4 is 0 Å². The average Bonchev–Trinajstić information content (AvgIpc) is 3.45. The number of benzene rings is 2. The van der Waals surface area contributed by atoms with Gasteiger partial charge in [0.15, 0.2) is 11.5 Å². The molecule has 0 amide bonds. The molecule has 4 rings (SSSR count). The lowest BCUT2D eigenvalue weighted by Crippen LogP contribution is -2.08. The molecule has 0 radical (unpaired) electrons. The topological polar surface area (TPSA) is 52.3 Å². The van der Waals surface area contributed by atoms with Crippen LogP contribution in [-0.4, -0.2) is 24.3 Å². The molecule has 0 spiro atoms. The van der Waals surface area contributed by atoms with Crippen molar-refractivity contribution >= 4 is 17.5 Å². The normalized spacial score (nSPS) is 13.6. The van der Waals surface area contributed by atoms with Gasteiger partial charge in [-0.1, -0.05) is 29.4 Å². The Morgan fingerprint density at radius 2 is 1.93 bits per heavy atom. The van der Waals surface area contributed by atoms with Crippen molar-refractivity contribution in [2.75, 3.05) is 13.4 Å². The van der Waals surface area contributed by atoms with Crippen molar-refractivity contribution in [2.45, 2.75) is 36.7 Å². The maximum absolute atomic E-state index is 13.4. The Morgan fingerprint density at radius 3 is 2.64 bits per heavy atom. The van der Waals surface area contributed by atoms with Gasteiger partial charge in [-0.25, -0.2) is 0 Å². The second-order valence-corrected chi connectivity index (χ2v) is 7.99. The molecule has 5 heteroatoms. The highest BCUT2D eigenvalue weighted by atomic mass is 32.2. The summed E-state index contributed by atoms with van der Waals surface area (Å²) in [5.41, 5.74) is 4.65. The van der Waals surface area contributed by atoms with E-state index in [0.29, 0.717) is 24.5 Å². The third-order valence-electron chi connectivity index (χ3n) is 5.15. The number of hydrogen-bond acceptors (Lipinski definition) is 5. The van der Waals surface area contributed by atoms with Crippen LogP contribution in [0, 0.1) is 0 Å². The van der Waals surface area contributed by atoms with Crippen LogP contribution in [0.4, 0.5) is 0 Å². The highest BCUT2D eigenvalue weighted by Crippen LogP contribution is 2.42. The molecule has 3 aromatic rings. The largest absolute Gasteiger partial charge is 0.380 e. The number of rotatable bonds is 8. The number of ether oxygens (including phenoxy) is 1. The van der Waals surface area contributed by atoms with Gasteiger partial charge in [0.1, 0.15) is 0 Å². The van der Waals surface area contributed by atoms with Crippen LogP contribution in [-0.2, 0) is 17.8 Å². The minimum absolute atomic E-state index is 0.00461. The molecule has 1 saturated carbocycles. The van der Waals surface area contributed by atoms with Gasteiger partial charge in [-0.05, 0) is 60.4 Å². The highest BCUT2D eigenvalue weighted by Gasteiger charge is 2.33. The molecule has 0 atom stereocenters. The second-order valence-electron chi connectivity index (χ2n) is 7.11. The van der Waals surface area contributed by atoms with Gasteiger partial charge in [0, 0.05) is 23.5 Å². The van der Waals surface area contributed by atoms with Crippen LogP contribution in [0.5, 0.6) is 0 Å². The van der Waals surface area contributed by atoms with E-state index in [-0.39, 0.29) is 5.78 Å². The van der Waals surface area contributed by atoms with Crippen molar-refractivity contribution in [3.8, 4) is 0 Å². The molecule has 1 aliphatic carbocycles. The van der Waals surface area contributed by atoms with Gasteiger partial charge in [-0.3, -0.25) is 4.79 Å². The van der Waals surface area contributed by atoms with Crippen molar-refractivity contribution in [2.24, 2.45) is 0 Å². The Labute approximate surface area is 169 Å². The zero-order chi connectivity index (χ0) is 19.5. The molecule has 28 heavy (non-hydrogen) atoms. The van der Waals surface area contributed by atoms with Crippen LogP contribution in [0.1, 0.15) is 57.1 Å². The van der Waals surface area contributed by atoms with E-state index in [2.05, 4.69) is 23.4 Å². The van der Waals surface area contributed by atoms with Crippen molar-refractivity contribution in [1.29, 1.82) is 0 Å². The first kappa shape index (κ1) is 19.0. The van der Waals surface area contributed by atoms with Gasteiger partial charge >= 0.3 is 0 Å². The monoisotopic (exact) mass is 393 g/mol. The van der Waals surface area contributed by atoms with Crippen LogP contribution >= 0.6 is 11.8 Å². The third-order valence-corrected chi connectivity index (χ3v) is 5.87. The SMILES string of the molecule is COCc1ccccc1Cc1cc(SC)ccc1C(=O)c1cnoc1C1CC1. The molecule has 2 aromatic carbocycles. The molecule has 0 saturated heterocycles. The number of aromatic nitrogens is 1. The molecule has 4 nitrogen and oxygen atoms in total. The molecule has 0 bridgehead atoms. The summed E-state index contributed by atoms with van der Waals surface area (Å²) in [4.78, 5) is 14.5. The van der Waals surface area contributed by atoms with E-state index in [9.17, 15) is 4.79 Å². The van der Waals surface area contributed by atoms with Crippen molar-refractivity contribution in [1.82, 2.24) is 5.16 Å². The number of methoxy groups -OCH3 is 1. The highest BCUT2D eigenvalue weighted by molar-refractivity contribution is 7.98. The molecular weight excluding hydrogens is 370 g/mol. The minimum Gasteiger partial charge on any atom is -0.380 e. The van der Waals surface area contributed by atoms with E-state index in [1.54, 1.807) is 25.1 Å². The Kier molecular flexibility index (Phi) is 5.64. The Morgan fingerprint density at radius 1 is 1.14 bits per heavy atom. The molecule has 0 N–H and O–H groups in total. The van der Waals surface area contributed by atoms with Gasteiger partial charge in [0.05, 0.1) is 18.4 Å². The Hall–Kier alpha value is -2.37. The van der Waals surface area contributed by atoms with Crippen LogP contribution in [0.2, 0.25) is 0 Å². The standard InChI is InChI=1S/C23H23NO3S/c1-26-14-17-6-4-3-5-16(17)11-18-12-19(28-2)9-10-20(18)22(25)21-13-24-27-23(21)15-7-8-15/h3-6,9-10,12-13,15H,7-8,11,14H2,1-2H3. The summed E-state index contributed by atoms with van der Waals surface area (Å²) in [6, 6.07) is 14.3. The zero-order valence-electron chi connectivity index (χ0n) is 16.1. The van der Waals surface area contributed by atoms with Crippen molar-refractivity contribution in [3.63, 3.8) is 0 Å². The predicted molar refractivity (Wildman–Crippen MR) is 110 cm³/mol. The van der Waals surface area contributed by atoms with E-state index in [1.807, 2.05) is 30.5 Å². The second kappa shape index (κ2) is 8.33. The average molecular weight is 394 g/mol. The summed E-state index contributed by atoms with van der Waals surface area (Å²) in [5.74, 6) is 1.08. The van der Waals surface area contributed by atoms with Gasteiger partial charge in [-0.2, -0.15) is 0 Å². The molecule has 1 heterocycles. The van der Waals surface area contributed by atoms with Gasteiger partial charge in [0.2, 0.25) is 0 Å². The third kappa shape index (κ3) is 3.91. The zero-order valence-corrected chi connectivity index (χ0v) is 16.9. The molecule has 1 aliphatic rings. The van der Waals surface area contributed by atoms with Gasteiger partial charge in [-0.15, -0.1) is 11.8 Å². The molecule has 1 aromatic heterocycles. The molecule has 0 unspecified atom stereocenters.